The fourth-order valence-electron chi connectivity index (χ4n) is 4.17. The standard InChI is InChI=1S/C21H22N4O/c1-14-9-17(3-4-18(14)25-10-21(11-25)12-26-13-21)19-15(2)23-24-20(19)16-5-7-22-8-6-16/h3-9H,10-13H2,1-2H3,(H,23,24). The Labute approximate surface area is 153 Å². The Bertz CT molecular complexity index is 951. The number of H-pyrrole nitrogens is 1. The van der Waals surface area contributed by atoms with Crippen LogP contribution in [0.4, 0.5) is 5.69 Å². The van der Waals surface area contributed by atoms with Gasteiger partial charge in [0, 0.05) is 48.0 Å². The molecule has 2 fully saturated rings. The first-order chi connectivity index (χ1) is 12.7. The molecule has 0 saturated carbocycles. The molecule has 2 saturated heterocycles. The van der Waals surface area contributed by atoms with Gasteiger partial charge in [0.25, 0.3) is 0 Å². The molecule has 5 nitrogen and oxygen atoms in total. The van der Waals surface area contributed by atoms with Crippen LogP contribution >= 0.6 is 0 Å². The van der Waals surface area contributed by atoms with E-state index >= 15 is 0 Å². The first-order valence-electron chi connectivity index (χ1n) is 9.04. The SMILES string of the molecule is Cc1cc(-c2c(-c3ccncc3)n[nH]c2C)ccc1N1CC2(COC2)C1. The van der Waals surface area contributed by atoms with Crippen molar-refractivity contribution in [3.8, 4) is 22.4 Å². The van der Waals surface area contributed by atoms with Crippen LogP contribution in [-0.2, 0) is 4.74 Å². The minimum absolute atomic E-state index is 0.431. The molecule has 4 heterocycles. The number of rotatable bonds is 3. The maximum atomic E-state index is 5.39. The van der Waals surface area contributed by atoms with Crippen molar-refractivity contribution in [3.63, 3.8) is 0 Å². The summed E-state index contributed by atoms with van der Waals surface area (Å²) in [5, 5.41) is 7.68. The van der Waals surface area contributed by atoms with Crippen LogP contribution in [0.25, 0.3) is 22.4 Å². The van der Waals surface area contributed by atoms with Crippen LogP contribution in [0.2, 0.25) is 0 Å². The number of aromatic nitrogens is 3. The summed E-state index contributed by atoms with van der Waals surface area (Å²) in [7, 11) is 0. The maximum absolute atomic E-state index is 5.39. The van der Waals surface area contributed by atoms with E-state index < -0.39 is 0 Å². The number of anilines is 1. The highest BCUT2D eigenvalue weighted by Crippen LogP contribution is 2.42. The van der Waals surface area contributed by atoms with Crippen LogP contribution in [0, 0.1) is 19.3 Å². The maximum Gasteiger partial charge on any atom is 0.100 e. The highest BCUT2D eigenvalue weighted by atomic mass is 16.5. The van der Waals surface area contributed by atoms with E-state index in [2.05, 4.69) is 52.1 Å². The molecule has 0 atom stereocenters. The van der Waals surface area contributed by atoms with Crippen molar-refractivity contribution in [1.29, 1.82) is 0 Å². The lowest BCUT2D eigenvalue weighted by Crippen LogP contribution is -2.66. The third kappa shape index (κ3) is 2.35. The van der Waals surface area contributed by atoms with Crippen molar-refractivity contribution in [3.05, 3.63) is 54.0 Å². The van der Waals surface area contributed by atoms with Crippen molar-refractivity contribution in [1.82, 2.24) is 15.2 Å². The van der Waals surface area contributed by atoms with E-state index in [-0.39, 0.29) is 0 Å². The molecule has 0 aliphatic carbocycles. The van der Waals surface area contributed by atoms with Crippen LogP contribution in [-0.4, -0.2) is 41.5 Å². The summed E-state index contributed by atoms with van der Waals surface area (Å²) in [5.74, 6) is 0. The Hall–Kier alpha value is -2.66. The number of aryl methyl sites for hydroxylation is 2. The van der Waals surface area contributed by atoms with E-state index in [1.165, 1.54) is 22.4 Å². The smallest absolute Gasteiger partial charge is 0.100 e. The third-order valence-corrected chi connectivity index (χ3v) is 5.60. The normalized spacial score (nSPS) is 17.8. The van der Waals surface area contributed by atoms with Gasteiger partial charge in [-0.1, -0.05) is 6.07 Å². The lowest BCUT2D eigenvalue weighted by molar-refractivity contribution is -0.127. The summed E-state index contributed by atoms with van der Waals surface area (Å²) in [6.07, 6.45) is 3.61. The molecule has 26 heavy (non-hydrogen) atoms. The van der Waals surface area contributed by atoms with Gasteiger partial charge in [-0.15, -0.1) is 0 Å². The minimum Gasteiger partial charge on any atom is -0.380 e. The molecule has 3 aromatic rings. The Morgan fingerprint density at radius 1 is 1.04 bits per heavy atom. The number of ether oxygens (including phenoxy) is 1. The molecule has 2 aliphatic heterocycles. The van der Waals surface area contributed by atoms with Gasteiger partial charge in [-0.05, 0) is 49.2 Å². The first kappa shape index (κ1) is 15.6. The molecular formula is C21H22N4O. The summed E-state index contributed by atoms with van der Waals surface area (Å²) in [5.41, 5.74) is 8.57. The average molecular weight is 346 g/mol. The van der Waals surface area contributed by atoms with E-state index in [1.807, 2.05) is 12.1 Å². The van der Waals surface area contributed by atoms with Crippen LogP contribution in [0.15, 0.2) is 42.7 Å². The number of nitrogens with one attached hydrogen (secondary N) is 1. The summed E-state index contributed by atoms with van der Waals surface area (Å²) < 4.78 is 5.39. The quantitative estimate of drug-likeness (QED) is 0.787. The Morgan fingerprint density at radius 3 is 2.46 bits per heavy atom. The third-order valence-electron chi connectivity index (χ3n) is 5.60. The second-order valence-electron chi connectivity index (χ2n) is 7.66. The van der Waals surface area contributed by atoms with Crippen molar-refractivity contribution in [2.24, 2.45) is 5.41 Å². The molecule has 0 unspecified atom stereocenters. The van der Waals surface area contributed by atoms with Crippen molar-refractivity contribution in [2.45, 2.75) is 13.8 Å². The molecule has 2 aromatic heterocycles. The fourth-order valence-corrected chi connectivity index (χ4v) is 4.17. The summed E-state index contributed by atoms with van der Waals surface area (Å²) in [4.78, 5) is 6.58. The summed E-state index contributed by atoms with van der Waals surface area (Å²) in [6.45, 7) is 8.34. The molecule has 0 amide bonds. The summed E-state index contributed by atoms with van der Waals surface area (Å²) in [6, 6.07) is 10.7. The second-order valence-corrected chi connectivity index (χ2v) is 7.66. The van der Waals surface area contributed by atoms with Gasteiger partial charge in [0.15, 0.2) is 0 Å². The number of hydrogen-bond donors (Lipinski definition) is 1. The molecule has 1 spiro atoms. The van der Waals surface area contributed by atoms with Gasteiger partial charge in [-0.2, -0.15) is 5.10 Å². The highest BCUT2D eigenvalue weighted by molar-refractivity contribution is 5.83. The number of aromatic amines is 1. The van der Waals surface area contributed by atoms with Gasteiger partial charge < -0.3 is 9.64 Å². The van der Waals surface area contributed by atoms with Crippen LogP contribution in [0.1, 0.15) is 11.3 Å². The molecule has 1 N–H and O–H groups in total. The topological polar surface area (TPSA) is 54.0 Å². The highest BCUT2D eigenvalue weighted by Gasteiger charge is 2.49. The molecular weight excluding hydrogens is 324 g/mol. The first-order valence-corrected chi connectivity index (χ1v) is 9.04. The minimum atomic E-state index is 0.431. The number of nitrogens with zero attached hydrogens (tertiary/aromatic N) is 3. The Morgan fingerprint density at radius 2 is 1.81 bits per heavy atom. The van der Waals surface area contributed by atoms with Gasteiger partial charge in [0.05, 0.1) is 18.6 Å². The lowest BCUT2D eigenvalue weighted by atomic mass is 9.77. The van der Waals surface area contributed by atoms with E-state index in [9.17, 15) is 0 Å². The predicted octanol–water partition coefficient (Wildman–Crippen LogP) is 3.59. The predicted molar refractivity (Wildman–Crippen MR) is 102 cm³/mol. The zero-order chi connectivity index (χ0) is 17.7. The zero-order valence-electron chi connectivity index (χ0n) is 15.1. The lowest BCUT2D eigenvalue weighted by Gasteiger charge is -2.56. The van der Waals surface area contributed by atoms with E-state index in [1.54, 1.807) is 12.4 Å². The van der Waals surface area contributed by atoms with E-state index in [4.69, 9.17) is 4.74 Å². The van der Waals surface area contributed by atoms with Crippen LogP contribution < -0.4 is 4.90 Å². The molecule has 5 heteroatoms. The molecule has 0 bridgehead atoms. The fraction of sp³-hybridized carbons (Fsp3) is 0.333. The van der Waals surface area contributed by atoms with Gasteiger partial charge in [-0.3, -0.25) is 10.1 Å². The molecule has 0 radical (unpaired) electrons. The zero-order valence-corrected chi connectivity index (χ0v) is 15.1. The van der Waals surface area contributed by atoms with E-state index in [0.29, 0.717) is 5.41 Å². The van der Waals surface area contributed by atoms with Gasteiger partial charge in [0.1, 0.15) is 5.69 Å². The second kappa shape index (κ2) is 5.68. The average Bonchev–Trinajstić information content (AvgIpc) is 2.96. The van der Waals surface area contributed by atoms with Crippen molar-refractivity contribution >= 4 is 5.69 Å². The largest absolute Gasteiger partial charge is 0.380 e. The van der Waals surface area contributed by atoms with Gasteiger partial charge >= 0.3 is 0 Å². The molecule has 5 rings (SSSR count). The Balaban J connectivity index is 1.48. The molecule has 132 valence electrons. The van der Waals surface area contributed by atoms with Crippen LogP contribution in [0.5, 0.6) is 0 Å². The molecule has 1 aromatic carbocycles. The molecule has 2 aliphatic rings. The number of pyridine rings is 1. The van der Waals surface area contributed by atoms with Crippen molar-refractivity contribution < 1.29 is 4.74 Å². The monoisotopic (exact) mass is 346 g/mol. The van der Waals surface area contributed by atoms with E-state index in [0.717, 1.165) is 43.3 Å². The number of benzene rings is 1. The Kier molecular flexibility index (Phi) is 3.40. The number of hydrogen-bond acceptors (Lipinski definition) is 4. The van der Waals surface area contributed by atoms with Gasteiger partial charge in [-0.25, -0.2) is 0 Å². The van der Waals surface area contributed by atoms with Gasteiger partial charge in [0.2, 0.25) is 0 Å². The van der Waals surface area contributed by atoms with Crippen LogP contribution in [0.3, 0.4) is 0 Å². The summed E-state index contributed by atoms with van der Waals surface area (Å²) >= 11 is 0. The van der Waals surface area contributed by atoms with Crippen molar-refractivity contribution in [2.75, 3.05) is 31.2 Å².